The molecule has 2 aromatic rings. The Bertz CT molecular complexity index is 827. The fraction of sp³-hybridized carbons (Fsp3) is 0.348. The van der Waals surface area contributed by atoms with Gasteiger partial charge in [-0.15, -0.1) is 0 Å². The van der Waals surface area contributed by atoms with Gasteiger partial charge in [-0.1, -0.05) is 55.5 Å². The van der Waals surface area contributed by atoms with Crippen LogP contribution >= 0.6 is 0 Å². The molecule has 3 atom stereocenters. The normalized spacial score (nSPS) is 13.6. The second-order valence-corrected chi connectivity index (χ2v) is 6.96. The fourth-order valence-corrected chi connectivity index (χ4v) is 2.77. The number of hydrogen-bond donors (Lipinski definition) is 3. The van der Waals surface area contributed by atoms with Gasteiger partial charge in [0, 0.05) is 6.42 Å². The summed E-state index contributed by atoms with van der Waals surface area (Å²) in [7, 11) is 1.67. The summed E-state index contributed by atoms with van der Waals surface area (Å²) in [6, 6.07) is 16.0. The highest BCUT2D eigenvalue weighted by atomic mass is 16.5. The molecule has 0 spiro atoms. The molecule has 2 amide bonds. The summed E-state index contributed by atoms with van der Waals surface area (Å²) in [5.41, 5.74) is 0.883. The molecule has 0 radical (unpaired) electrons. The van der Waals surface area contributed by atoms with Gasteiger partial charge in [0.05, 0.1) is 6.04 Å². The number of carbonyl (C=O) groups excluding carboxylic acids is 3. The van der Waals surface area contributed by atoms with Crippen LogP contribution in [0.3, 0.4) is 0 Å². The van der Waals surface area contributed by atoms with Gasteiger partial charge in [0.2, 0.25) is 11.8 Å². The average molecular weight is 412 g/mol. The third kappa shape index (κ3) is 7.00. The number of likely N-dealkylation sites (N-methyl/N-ethyl adjacent to an activating group) is 1. The molecule has 0 bridgehead atoms. The fourth-order valence-electron chi connectivity index (χ4n) is 2.77. The molecule has 30 heavy (non-hydrogen) atoms. The third-order valence-electron chi connectivity index (χ3n) is 4.71. The Labute approximate surface area is 177 Å². The van der Waals surface area contributed by atoms with Crippen molar-refractivity contribution in [2.45, 2.75) is 44.8 Å². The number of nitrogens with one attached hydrogen (secondary N) is 3. The summed E-state index contributed by atoms with van der Waals surface area (Å²) >= 11 is 0. The van der Waals surface area contributed by atoms with Crippen molar-refractivity contribution in [3.05, 3.63) is 66.2 Å². The average Bonchev–Trinajstić information content (AvgIpc) is 2.77. The zero-order valence-electron chi connectivity index (χ0n) is 17.6. The van der Waals surface area contributed by atoms with Crippen molar-refractivity contribution in [1.82, 2.24) is 16.0 Å². The maximum Gasteiger partial charge on any atom is 0.334 e. The van der Waals surface area contributed by atoms with Crippen LogP contribution in [0.2, 0.25) is 0 Å². The number of rotatable bonds is 10. The first-order valence-electron chi connectivity index (χ1n) is 10.0. The summed E-state index contributed by atoms with van der Waals surface area (Å²) in [5.74, 6) is -0.882. The Morgan fingerprint density at radius 2 is 1.43 bits per heavy atom. The third-order valence-corrected chi connectivity index (χ3v) is 4.71. The number of amides is 2. The van der Waals surface area contributed by atoms with Crippen LogP contribution in [-0.2, 0) is 20.8 Å². The molecule has 0 saturated carbocycles. The van der Waals surface area contributed by atoms with Crippen LogP contribution in [0.15, 0.2) is 60.7 Å². The minimum atomic E-state index is -0.896. The SMILES string of the molecule is CCC(NC(=O)C(C)NC)C(=O)N[C@@H](Cc1ccccc1)C(=O)Oc1ccccc1. The van der Waals surface area contributed by atoms with Crippen molar-refractivity contribution in [1.29, 1.82) is 0 Å². The minimum Gasteiger partial charge on any atom is -0.425 e. The standard InChI is InChI=1S/C23H29N3O4/c1-4-19(25-21(27)16(2)24-3)22(28)26-20(15-17-11-7-5-8-12-17)23(29)30-18-13-9-6-10-14-18/h5-14,16,19-20,24H,4,15H2,1-3H3,(H,25,27)(H,26,28)/t16?,19?,20-/m0/s1. The van der Waals surface area contributed by atoms with Gasteiger partial charge in [-0.05, 0) is 38.1 Å². The number of carbonyl (C=O) groups is 3. The molecule has 0 aliphatic heterocycles. The molecular formula is C23H29N3O4. The van der Waals surface area contributed by atoms with E-state index in [-0.39, 0.29) is 12.3 Å². The Morgan fingerprint density at radius 1 is 0.867 bits per heavy atom. The molecule has 2 aromatic carbocycles. The zero-order valence-corrected chi connectivity index (χ0v) is 17.6. The number of benzene rings is 2. The lowest BCUT2D eigenvalue weighted by atomic mass is 10.0. The van der Waals surface area contributed by atoms with Crippen molar-refractivity contribution < 1.29 is 19.1 Å². The summed E-state index contributed by atoms with van der Waals surface area (Å²) in [6.07, 6.45) is 0.662. The summed E-state index contributed by atoms with van der Waals surface area (Å²) in [6.45, 7) is 3.50. The second-order valence-electron chi connectivity index (χ2n) is 6.96. The lowest BCUT2D eigenvalue weighted by Crippen LogP contribution is -2.55. The van der Waals surface area contributed by atoms with Crippen LogP contribution in [0, 0.1) is 0 Å². The van der Waals surface area contributed by atoms with Gasteiger partial charge in [-0.3, -0.25) is 9.59 Å². The van der Waals surface area contributed by atoms with Crippen LogP contribution in [0.4, 0.5) is 0 Å². The highest BCUT2D eigenvalue weighted by molar-refractivity contribution is 5.92. The summed E-state index contributed by atoms with van der Waals surface area (Å²) in [4.78, 5) is 37.8. The first-order valence-corrected chi connectivity index (χ1v) is 10.0. The van der Waals surface area contributed by atoms with E-state index >= 15 is 0 Å². The number of ether oxygens (including phenoxy) is 1. The topological polar surface area (TPSA) is 96.5 Å². The van der Waals surface area contributed by atoms with Gasteiger partial charge < -0.3 is 20.7 Å². The first kappa shape index (κ1) is 23.1. The van der Waals surface area contributed by atoms with Crippen molar-refractivity contribution >= 4 is 17.8 Å². The first-order chi connectivity index (χ1) is 14.4. The van der Waals surface area contributed by atoms with Crippen molar-refractivity contribution in [3.8, 4) is 5.75 Å². The van der Waals surface area contributed by atoms with Gasteiger partial charge in [0.15, 0.2) is 0 Å². The molecule has 7 heteroatoms. The van der Waals surface area contributed by atoms with Gasteiger partial charge in [0.1, 0.15) is 17.8 Å². The van der Waals surface area contributed by atoms with Crippen LogP contribution < -0.4 is 20.7 Å². The Hall–Kier alpha value is -3.19. The van der Waals surface area contributed by atoms with Crippen molar-refractivity contribution in [2.75, 3.05) is 7.05 Å². The lowest BCUT2D eigenvalue weighted by Gasteiger charge is -2.23. The number of para-hydroxylation sites is 1. The number of hydrogen-bond acceptors (Lipinski definition) is 5. The quantitative estimate of drug-likeness (QED) is 0.409. The molecule has 0 heterocycles. The van der Waals surface area contributed by atoms with Crippen molar-refractivity contribution in [3.63, 3.8) is 0 Å². The van der Waals surface area contributed by atoms with Gasteiger partial charge in [0.25, 0.3) is 0 Å². The molecule has 2 unspecified atom stereocenters. The molecule has 0 saturated heterocycles. The molecule has 160 valence electrons. The predicted octanol–water partition coefficient (Wildman–Crippen LogP) is 1.82. The van der Waals surface area contributed by atoms with E-state index in [4.69, 9.17) is 4.74 Å². The monoisotopic (exact) mass is 411 g/mol. The maximum absolute atomic E-state index is 12.8. The van der Waals surface area contributed by atoms with E-state index < -0.39 is 30.0 Å². The highest BCUT2D eigenvalue weighted by Gasteiger charge is 2.28. The van der Waals surface area contributed by atoms with E-state index in [0.717, 1.165) is 5.56 Å². The van der Waals surface area contributed by atoms with Crippen LogP contribution in [-0.4, -0.2) is 43.0 Å². The molecule has 0 fully saturated rings. The van der Waals surface area contributed by atoms with Gasteiger partial charge in [-0.25, -0.2) is 4.79 Å². The Kier molecular flexibility index (Phi) is 9.03. The molecule has 7 nitrogen and oxygen atoms in total. The molecule has 3 N–H and O–H groups in total. The van der Waals surface area contributed by atoms with Crippen LogP contribution in [0.25, 0.3) is 0 Å². The van der Waals surface area contributed by atoms with Crippen LogP contribution in [0.5, 0.6) is 5.75 Å². The summed E-state index contributed by atoms with van der Waals surface area (Å²) < 4.78 is 5.45. The second kappa shape index (κ2) is 11.7. The van der Waals surface area contributed by atoms with E-state index in [1.165, 1.54) is 0 Å². The summed E-state index contributed by atoms with van der Waals surface area (Å²) in [5, 5.41) is 8.29. The van der Waals surface area contributed by atoms with Crippen molar-refractivity contribution in [2.24, 2.45) is 0 Å². The molecule has 0 aliphatic carbocycles. The van der Waals surface area contributed by atoms with Gasteiger partial charge >= 0.3 is 5.97 Å². The Morgan fingerprint density at radius 3 is 2.00 bits per heavy atom. The van der Waals surface area contributed by atoms with Gasteiger partial charge in [-0.2, -0.15) is 0 Å². The molecular weight excluding hydrogens is 382 g/mol. The maximum atomic E-state index is 12.8. The molecule has 2 rings (SSSR count). The van der Waals surface area contributed by atoms with E-state index in [9.17, 15) is 14.4 Å². The van der Waals surface area contributed by atoms with E-state index in [0.29, 0.717) is 12.2 Å². The Balaban J connectivity index is 2.13. The molecule has 0 aromatic heterocycles. The van der Waals surface area contributed by atoms with E-state index in [1.807, 2.05) is 36.4 Å². The smallest absolute Gasteiger partial charge is 0.334 e. The zero-order chi connectivity index (χ0) is 21.9. The minimum absolute atomic E-state index is 0.273. The predicted molar refractivity (Wildman–Crippen MR) is 115 cm³/mol. The lowest BCUT2D eigenvalue weighted by molar-refractivity contribution is -0.140. The number of esters is 1. The van der Waals surface area contributed by atoms with E-state index in [2.05, 4.69) is 16.0 Å². The largest absolute Gasteiger partial charge is 0.425 e. The van der Waals surface area contributed by atoms with Crippen LogP contribution in [0.1, 0.15) is 25.8 Å². The highest BCUT2D eigenvalue weighted by Crippen LogP contribution is 2.12. The molecule has 0 aliphatic rings. The van der Waals surface area contributed by atoms with E-state index in [1.54, 1.807) is 45.2 Å².